The number of carbonyl (C=O) groups excluding carboxylic acids is 5. The lowest BCUT2D eigenvalue weighted by atomic mass is 9.94. The van der Waals surface area contributed by atoms with Gasteiger partial charge >= 0.3 is 17.9 Å². The van der Waals surface area contributed by atoms with Gasteiger partial charge in [0.1, 0.15) is 24.2 Å². The third-order valence-electron chi connectivity index (χ3n) is 10.3. The molecule has 0 heterocycles. The minimum absolute atomic E-state index is 0.0194. The summed E-state index contributed by atoms with van der Waals surface area (Å²) in [5, 5.41) is 32.6. The third-order valence-corrected chi connectivity index (χ3v) is 11.0. The molecule has 0 radical (unpaired) electrons. The fourth-order valence-electron chi connectivity index (χ4n) is 6.72. The number of ether oxygens (including phenoxy) is 2. The first-order valence-corrected chi connectivity index (χ1v) is 23.9. The van der Waals surface area contributed by atoms with Gasteiger partial charge in [-0.3, -0.25) is 38.1 Å². The predicted molar refractivity (Wildman–Crippen MR) is 229 cm³/mol. The molecule has 0 saturated heterocycles. The van der Waals surface area contributed by atoms with E-state index in [9.17, 15) is 61.5 Å². The van der Waals surface area contributed by atoms with Crippen LogP contribution in [0.15, 0.2) is 0 Å². The first-order chi connectivity index (χ1) is 29.4. The van der Waals surface area contributed by atoms with Gasteiger partial charge < -0.3 is 40.2 Å². The molecular weight excluding hydrogens is 833 g/mol. The molecule has 3 atom stereocenters. The maximum Gasteiger partial charge on any atom is 0.306 e. The van der Waals surface area contributed by atoms with E-state index in [0.717, 1.165) is 70.6 Å². The number of amides is 2. The highest BCUT2D eigenvalue weighted by Crippen LogP contribution is 2.18. The van der Waals surface area contributed by atoms with Crippen LogP contribution in [0.2, 0.25) is 0 Å². The van der Waals surface area contributed by atoms with Gasteiger partial charge in [0.2, 0.25) is 11.8 Å². The van der Waals surface area contributed by atoms with Crippen LogP contribution < -0.4 is 10.6 Å². The zero-order chi connectivity index (χ0) is 46.6. The van der Waals surface area contributed by atoms with E-state index < -0.39 is 75.7 Å². The number of rotatable bonds is 44. The third kappa shape index (κ3) is 36.8. The van der Waals surface area contributed by atoms with Crippen LogP contribution in [0.5, 0.6) is 0 Å². The molecule has 0 rings (SSSR count). The minimum atomic E-state index is -4.71. The number of aliphatic carboxylic acids is 3. The first kappa shape index (κ1) is 58.2. The molecule has 0 aromatic rings. The van der Waals surface area contributed by atoms with Gasteiger partial charge in [-0.15, -0.1) is 0 Å². The molecule has 0 saturated carbocycles. The number of unbranched alkanes of at least 4 members (excludes halogenated alkanes) is 15. The molecule has 0 aromatic carbocycles. The normalized spacial score (nSPS) is 12.9. The van der Waals surface area contributed by atoms with Crippen molar-refractivity contribution in [2.75, 3.05) is 38.7 Å². The molecular formula is C43H74N2O16S. The molecule has 0 aromatic heterocycles. The SMILES string of the molecule is CC(=O)CCCCCC(CC(=O)COCCOCCNC(=O)CCC(CC(=O)C(CS(=O)(=O)O)NC(=O)CCCCCCCCCCCCCCCCC(=O)O)C(=O)O)C(=O)O. The topological polar surface area (TPSA) is 294 Å². The summed E-state index contributed by atoms with van der Waals surface area (Å²) in [5.74, 6) is -8.84. The van der Waals surface area contributed by atoms with Gasteiger partial charge in [-0.2, -0.15) is 8.42 Å². The van der Waals surface area contributed by atoms with Gasteiger partial charge in [0.15, 0.2) is 11.6 Å². The predicted octanol–water partition coefficient (Wildman–Crippen LogP) is 5.47. The molecule has 6 N–H and O–H groups in total. The molecule has 19 heteroatoms. The number of nitrogens with one attached hydrogen (secondary N) is 2. The number of hydrogen-bond acceptors (Lipinski definition) is 12. The Morgan fingerprint density at radius 1 is 0.548 bits per heavy atom. The van der Waals surface area contributed by atoms with Crippen LogP contribution >= 0.6 is 0 Å². The minimum Gasteiger partial charge on any atom is -0.481 e. The van der Waals surface area contributed by atoms with Gasteiger partial charge in [0.05, 0.1) is 31.7 Å². The van der Waals surface area contributed by atoms with Crippen molar-refractivity contribution in [3.8, 4) is 0 Å². The summed E-state index contributed by atoms with van der Waals surface area (Å²) in [6.07, 6.45) is 15.5. The highest BCUT2D eigenvalue weighted by molar-refractivity contribution is 7.85. The van der Waals surface area contributed by atoms with Crippen molar-refractivity contribution in [2.45, 2.75) is 173 Å². The number of Topliss-reactive ketones (excluding diaryl/α,β-unsaturated/α-hetero) is 3. The Kier molecular flexibility index (Phi) is 34.4. The lowest BCUT2D eigenvalue weighted by Gasteiger charge is -2.19. The van der Waals surface area contributed by atoms with Gasteiger partial charge in [-0.05, 0) is 39.0 Å². The van der Waals surface area contributed by atoms with E-state index in [0.29, 0.717) is 38.5 Å². The second kappa shape index (κ2) is 36.7. The number of ketones is 3. The Labute approximate surface area is 367 Å². The molecule has 0 fully saturated rings. The summed E-state index contributed by atoms with van der Waals surface area (Å²) in [6.45, 7) is 1.46. The molecule has 62 heavy (non-hydrogen) atoms. The van der Waals surface area contributed by atoms with E-state index in [1.807, 2.05) is 0 Å². The summed E-state index contributed by atoms with van der Waals surface area (Å²) in [4.78, 5) is 95.1. The van der Waals surface area contributed by atoms with Crippen LogP contribution in [0.3, 0.4) is 0 Å². The zero-order valence-corrected chi connectivity index (χ0v) is 37.6. The summed E-state index contributed by atoms with van der Waals surface area (Å²) in [6, 6.07) is -1.66. The van der Waals surface area contributed by atoms with Crippen molar-refractivity contribution >= 4 is 57.2 Å². The molecule has 0 aliphatic heterocycles. The largest absolute Gasteiger partial charge is 0.481 e. The van der Waals surface area contributed by atoms with Crippen LogP contribution in [0.4, 0.5) is 0 Å². The molecule has 2 amide bonds. The molecule has 0 aliphatic carbocycles. The van der Waals surface area contributed by atoms with Crippen molar-refractivity contribution in [2.24, 2.45) is 11.8 Å². The van der Waals surface area contributed by atoms with Gasteiger partial charge in [0, 0.05) is 45.1 Å². The van der Waals surface area contributed by atoms with Gasteiger partial charge in [0.25, 0.3) is 10.1 Å². The lowest BCUT2D eigenvalue weighted by Crippen LogP contribution is -2.46. The van der Waals surface area contributed by atoms with Crippen LogP contribution in [0, 0.1) is 11.8 Å². The first-order valence-electron chi connectivity index (χ1n) is 22.3. The van der Waals surface area contributed by atoms with E-state index in [1.165, 1.54) is 19.8 Å². The number of carboxylic acid groups (broad SMARTS) is 3. The Morgan fingerprint density at radius 2 is 1.03 bits per heavy atom. The average Bonchev–Trinajstić information content (AvgIpc) is 3.18. The number of hydrogen-bond donors (Lipinski definition) is 6. The molecule has 0 aliphatic rings. The highest BCUT2D eigenvalue weighted by atomic mass is 32.2. The smallest absolute Gasteiger partial charge is 0.306 e. The fourth-order valence-corrected chi connectivity index (χ4v) is 7.41. The molecule has 3 unspecified atom stereocenters. The van der Waals surface area contributed by atoms with Crippen molar-refractivity contribution in [1.29, 1.82) is 0 Å². The summed E-state index contributed by atoms with van der Waals surface area (Å²) >= 11 is 0. The summed E-state index contributed by atoms with van der Waals surface area (Å²) in [5.41, 5.74) is 0. The van der Waals surface area contributed by atoms with Crippen molar-refractivity contribution in [3.05, 3.63) is 0 Å². The molecule has 358 valence electrons. The second-order valence-corrected chi connectivity index (χ2v) is 17.5. The molecule has 18 nitrogen and oxygen atoms in total. The van der Waals surface area contributed by atoms with Crippen LogP contribution in [0.1, 0.15) is 167 Å². The average molecular weight is 907 g/mol. The van der Waals surface area contributed by atoms with Crippen LogP contribution in [0.25, 0.3) is 0 Å². The maximum atomic E-state index is 13.0. The van der Waals surface area contributed by atoms with E-state index in [2.05, 4.69) is 10.6 Å². The Morgan fingerprint density at radius 3 is 1.55 bits per heavy atom. The fraction of sp³-hybridized carbons (Fsp3) is 0.814. The van der Waals surface area contributed by atoms with Gasteiger partial charge in [-0.1, -0.05) is 89.9 Å². The lowest BCUT2D eigenvalue weighted by molar-refractivity contribution is -0.145. The Bertz CT molecular complexity index is 1450. The second-order valence-electron chi connectivity index (χ2n) is 16.1. The summed E-state index contributed by atoms with van der Waals surface area (Å²) < 4.78 is 43.3. The number of carbonyl (C=O) groups is 8. The van der Waals surface area contributed by atoms with E-state index in [-0.39, 0.29) is 76.6 Å². The van der Waals surface area contributed by atoms with Crippen molar-refractivity contribution in [3.63, 3.8) is 0 Å². The van der Waals surface area contributed by atoms with E-state index in [1.54, 1.807) is 0 Å². The zero-order valence-electron chi connectivity index (χ0n) is 36.7. The monoisotopic (exact) mass is 906 g/mol. The maximum absolute atomic E-state index is 13.0. The Hall–Kier alpha value is -3.81. The van der Waals surface area contributed by atoms with Crippen molar-refractivity contribution in [1.82, 2.24) is 10.6 Å². The standard InChI is InChI=1S/C43H74N2O16S/c1-33(46)19-15-14-16-20-34(42(53)54)29-36(47)31-61-28-27-60-26-25-44-39(49)24-23-35(43(55)56)30-38(48)37(32-62(57,58)59)45-40(50)21-17-12-10-8-6-4-2-3-5-7-9-11-13-18-22-41(51)52/h34-35,37H,2-32H2,1H3,(H,44,49)(H,45,50)(H,51,52)(H,53,54)(H,55,56)(H,57,58,59). The number of carboxylic acids is 3. The summed E-state index contributed by atoms with van der Waals surface area (Å²) in [7, 11) is -4.71. The van der Waals surface area contributed by atoms with Crippen LogP contribution in [-0.4, -0.2) is 120 Å². The van der Waals surface area contributed by atoms with E-state index in [4.69, 9.17) is 14.6 Å². The molecule has 0 spiro atoms. The Balaban J connectivity index is 4.35. The van der Waals surface area contributed by atoms with Crippen molar-refractivity contribution < 1.29 is 76.1 Å². The highest BCUT2D eigenvalue weighted by Gasteiger charge is 2.30. The van der Waals surface area contributed by atoms with Crippen LogP contribution in [-0.2, 0) is 57.9 Å². The quantitative estimate of drug-likeness (QED) is 0.0326. The van der Waals surface area contributed by atoms with Gasteiger partial charge in [-0.25, -0.2) is 0 Å². The molecule has 0 bridgehead atoms. The van der Waals surface area contributed by atoms with E-state index >= 15 is 0 Å².